The van der Waals surface area contributed by atoms with Gasteiger partial charge in [0.1, 0.15) is 5.52 Å². The van der Waals surface area contributed by atoms with Gasteiger partial charge in [0, 0.05) is 36.3 Å². The maximum atomic E-state index is 12.1. The molecule has 0 atom stereocenters. The van der Waals surface area contributed by atoms with Gasteiger partial charge in [-0.2, -0.15) is 0 Å². The summed E-state index contributed by atoms with van der Waals surface area (Å²) >= 11 is 0. The van der Waals surface area contributed by atoms with E-state index in [0.717, 1.165) is 11.2 Å². The molecule has 2 heterocycles. The molecule has 1 amide bonds. The van der Waals surface area contributed by atoms with Gasteiger partial charge in [0.25, 0.3) is 5.91 Å². The summed E-state index contributed by atoms with van der Waals surface area (Å²) < 4.78 is 1.91. The van der Waals surface area contributed by atoms with E-state index in [4.69, 9.17) is 0 Å². The molecule has 5 heteroatoms. The number of pyridine rings is 1. The maximum Gasteiger partial charge on any atom is 0.251 e. The van der Waals surface area contributed by atoms with Gasteiger partial charge in [-0.3, -0.25) is 9.59 Å². The number of carbonyl (C=O) groups excluding carboxylic acids is 1. The smallest absolute Gasteiger partial charge is 0.251 e. The molecule has 2 aromatic heterocycles. The zero-order chi connectivity index (χ0) is 15.0. The molecule has 21 heavy (non-hydrogen) atoms. The summed E-state index contributed by atoms with van der Waals surface area (Å²) in [6.07, 6.45) is 3.53. The highest BCUT2D eigenvalue weighted by Gasteiger charge is 2.10. The van der Waals surface area contributed by atoms with Gasteiger partial charge in [-0.1, -0.05) is 6.07 Å². The minimum absolute atomic E-state index is 0.00583. The number of fused-ring (bicyclic) bond motifs is 1. The van der Waals surface area contributed by atoms with Crippen molar-refractivity contribution in [3.63, 3.8) is 0 Å². The van der Waals surface area contributed by atoms with E-state index in [-0.39, 0.29) is 11.3 Å². The Hall–Kier alpha value is -2.82. The van der Waals surface area contributed by atoms with Crippen LogP contribution >= 0.6 is 0 Å². The number of hydrogen-bond acceptors (Lipinski definition) is 2. The quantitative estimate of drug-likeness (QED) is 0.754. The predicted octanol–water partition coefficient (Wildman–Crippen LogP) is 1.99. The van der Waals surface area contributed by atoms with Crippen molar-refractivity contribution in [2.75, 3.05) is 7.05 Å². The van der Waals surface area contributed by atoms with Gasteiger partial charge in [0.05, 0.1) is 5.52 Å². The van der Waals surface area contributed by atoms with Crippen molar-refractivity contribution in [1.29, 1.82) is 0 Å². The number of rotatable bonds is 2. The van der Waals surface area contributed by atoms with Crippen LogP contribution in [-0.4, -0.2) is 22.5 Å². The van der Waals surface area contributed by atoms with Crippen LogP contribution in [-0.2, 0) is 0 Å². The van der Waals surface area contributed by atoms with Crippen molar-refractivity contribution < 1.29 is 4.79 Å². The van der Waals surface area contributed by atoms with Crippen LogP contribution in [0.3, 0.4) is 0 Å². The molecule has 106 valence electrons. The molecular weight excluding hydrogens is 266 g/mol. The molecule has 0 bridgehead atoms. The first-order valence-corrected chi connectivity index (χ1v) is 6.63. The molecule has 0 aliphatic rings. The first kappa shape index (κ1) is 13.2. The predicted molar refractivity (Wildman–Crippen MR) is 82.0 cm³/mol. The van der Waals surface area contributed by atoms with Crippen LogP contribution in [0.1, 0.15) is 15.9 Å². The van der Waals surface area contributed by atoms with Crippen molar-refractivity contribution >= 4 is 16.9 Å². The minimum Gasteiger partial charge on any atom is -0.357 e. The number of hydrogen-bond donors (Lipinski definition) is 2. The number of aromatic nitrogens is 2. The van der Waals surface area contributed by atoms with Crippen LogP contribution in [0.2, 0.25) is 0 Å². The largest absolute Gasteiger partial charge is 0.357 e. The molecule has 2 N–H and O–H groups in total. The highest BCUT2D eigenvalue weighted by atomic mass is 16.1. The molecule has 0 spiro atoms. The van der Waals surface area contributed by atoms with Gasteiger partial charge in [0.15, 0.2) is 0 Å². The van der Waals surface area contributed by atoms with Crippen LogP contribution in [0.4, 0.5) is 0 Å². The summed E-state index contributed by atoms with van der Waals surface area (Å²) in [4.78, 5) is 26.8. The molecule has 1 aromatic carbocycles. The Balaban J connectivity index is 2.26. The third kappa shape index (κ3) is 2.12. The Labute approximate surface area is 121 Å². The van der Waals surface area contributed by atoms with Crippen molar-refractivity contribution in [2.45, 2.75) is 6.92 Å². The molecule has 0 unspecified atom stereocenters. The molecule has 0 aliphatic heterocycles. The van der Waals surface area contributed by atoms with Gasteiger partial charge in [0.2, 0.25) is 5.43 Å². The van der Waals surface area contributed by atoms with E-state index in [2.05, 4.69) is 10.3 Å². The molecule has 0 fully saturated rings. The fourth-order valence-corrected chi connectivity index (χ4v) is 2.42. The number of amides is 1. The second-order valence-corrected chi connectivity index (χ2v) is 4.88. The Morgan fingerprint density at radius 2 is 2.10 bits per heavy atom. The topological polar surface area (TPSA) is 66.9 Å². The number of aryl methyl sites for hydroxylation is 1. The van der Waals surface area contributed by atoms with Gasteiger partial charge >= 0.3 is 0 Å². The van der Waals surface area contributed by atoms with Crippen molar-refractivity contribution in [2.24, 2.45) is 0 Å². The third-order valence-corrected chi connectivity index (χ3v) is 3.51. The monoisotopic (exact) mass is 281 g/mol. The van der Waals surface area contributed by atoms with Crippen molar-refractivity contribution in [3.8, 4) is 5.69 Å². The van der Waals surface area contributed by atoms with E-state index in [1.165, 1.54) is 0 Å². The molecule has 0 radical (unpaired) electrons. The first-order chi connectivity index (χ1) is 10.1. The number of H-pyrrole nitrogens is 1. The number of nitrogens with zero attached hydrogens (tertiary/aromatic N) is 1. The normalized spacial score (nSPS) is 10.8. The van der Waals surface area contributed by atoms with Crippen LogP contribution in [0.15, 0.2) is 47.5 Å². The lowest BCUT2D eigenvalue weighted by Gasteiger charge is -2.11. The van der Waals surface area contributed by atoms with E-state index in [1.54, 1.807) is 38.5 Å². The first-order valence-electron chi connectivity index (χ1n) is 6.63. The number of benzene rings is 1. The highest BCUT2D eigenvalue weighted by Crippen LogP contribution is 2.17. The van der Waals surface area contributed by atoms with Gasteiger partial charge in [-0.15, -0.1) is 0 Å². The highest BCUT2D eigenvalue weighted by molar-refractivity contribution is 5.94. The summed E-state index contributed by atoms with van der Waals surface area (Å²) in [6.45, 7) is 1.78. The Kier molecular flexibility index (Phi) is 3.10. The van der Waals surface area contributed by atoms with Gasteiger partial charge in [-0.25, -0.2) is 0 Å². The Bertz CT molecular complexity index is 890. The Morgan fingerprint density at radius 3 is 2.86 bits per heavy atom. The average Bonchev–Trinajstić information content (AvgIpc) is 3.00. The molecule has 0 saturated heterocycles. The summed E-state index contributed by atoms with van der Waals surface area (Å²) in [5.74, 6) is -0.139. The molecule has 5 nitrogen and oxygen atoms in total. The van der Waals surface area contributed by atoms with Crippen LogP contribution in [0, 0.1) is 6.92 Å². The average molecular weight is 281 g/mol. The minimum atomic E-state index is -0.139. The zero-order valence-electron chi connectivity index (χ0n) is 11.8. The summed E-state index contributed by atoms with van der Waals surface area (Å²) in [5.41, 5.74) is 3.42. The number of carbonyl (C=O) groups is 1. The van der Waals surface area contributed by atoms with Gasteiger partial charge < -0.3 is 14.9 Å². The van der Waals surface area contributed by atoms with Crippen LogP contribution in [0.25, 0.3) is 16.7 Å². The van der Waals surface area contributed by atoms with E-state index in [9.17, 15) is 9.59 Å². The standard InChI is InChI=1S/C16H15N3O2/c1-10-9-19(13-6-7-18-14(13)15(10)20)12-5-3-4-11(8-12)16(21)17-2/h3-9,18H,1-2H3,(H,17,21). The second-order valence-electron chi connectivity index (χ2n) is 4.88. The lowest BCUT2D eigenvalue weighted by molar-refractivity contribution is 0.0963. The maximum absolute atomic E-state index is 12.1. The lowest BCUT2D eigenvalue weighted by Crippen LogP contribution is -2.18. The van der Waals surface area contributed by atoms with Crippen LogP contribution in [0.5, 0.6) is 0 Å². The molecular formula is C16H15N3O2. The fourth-order valence-electron chi connectivity index (χ4n) is 2.42. The van der Waals surface area contributed by atoms with Crippen molar-refractivity contribution in [1.82, 2.24) is 14.9 Å². The van der Waals surface area contributed by atoms with Crippen LogP contribution < -0.4 is 10.7 Å². The van der Waals surface area contributed by atoms with Gasteiger partial charge in [-0.05, 0) is 31.2 Å². The molecule has 0 aliphatic carbocycles. The van der Waals surface area contributed by atoms with Crippen molar-refractivity contribution in [3.05, 3.63) is 64.1 Å². The molecule has 0 saturated carbocycles. The summed E-state index contributed by atoms with van der Waals surface area (Å²) in [6, 6.07) is 9.14. The van der Waals surface area contributed by atoms with E-state index in [0.29, 0.717) is 16.6 Å². The molecule has 3 rings (SSSR count). The lowest BCUT2D eigenvalue weighted by atomic mass is 10.1. The number of nitrogens with one attached hydrogen (secondary N) is 2. The number of aromatic amines is 1. The van der Waals surface area contributed by atoms with E-state index < -0.39 is 0 Å². The molecule has 3 aromatic rings. The Morgan fingerprint density at radius 1 is 1.29 bits per heavy atom. The summed E-state index contributed by atoms with van der Waals surface area (Å²) in [7, 11) is 1.60. The zero-order valence-corrected chi connectivity index (χ0v) is 11.8. The summed E-state index contributed by atoms with van der Waals surface area (Å²) in [5, 5.41) is 2.61. The SMILES string of the molecule is CNC(=O)c1cccc(-n2cc(C)c(=O)c3[nH]ccc32)c1. The van der Waals surface area contributed by atoms with E-state index >= 15 is 0 Å². The fraction of sp³-hybridized carbons (Fsp3) is 0.125. The van der Waals surface area contributed by atoms with E-state index in [1.807, 2.05) is 22.8 Å². The second kappa shape index (κ2) is 4.94. The third-order valence-electron chi connectivity index (χ3n) is 3.51.